The van der Waals surface area contributed by atoms with Crippen LogP contribution in [0, 0.1) is 5.92 Å². The zero-order valence-corrected chi connectivity index (χ0v) is 14.7. The second-order valence-corrected chi connectivity index (χ2v) is 7.10. The lowest BCUT2D eigenvalue weighted by atomic mass is 9.88. The fourth-order valence-electron chi connectivity index (χ4n) is 3.51. The number of benzene rings is 2. The van der Waals surface area contributed by atoms with E-state index in [9.17, 15) is 5.11 Å². The smallest absolute Gasteiger partial charge is 0.0596 e. The first-order chi connectivity index (χ1) is 11.6. The lowest BCUT2D eigenvalue weighted by Gasteiger charge is -2.36. The first-order valence-corrected chi connectivity index (χ1v) is 8.82. The highest BCUT2D eigenvalue weighted by molar-refractivity contribution is 5.46. The number of hydrogen-bond acceptors (Lipinski definition) is 3. The minimum Gasteiger partial charge on any atom is -0.393 e. The van der Waals surface area contributed by atoms with Crippen LogP contribution in [-0.4, -0.2) is 43.3 Å². The topological polar surface area (TPSA) is 26.7 Å². The van der Waals surface area contributed by atoms with Crippen LogP contribution in [0.5, 0.6) is 0 Å². The third kappa shape index (κ3) is 4.37. The van der Waals surface area contributed by atoms with Crippen LogP contribution in [-0.2, 0) is 13.0 Å². The van der Waals surface area contributed by atoms with E-state index < -0.39 is 0 Å². The Morgan fingerprint density at radius 1 is 1.00 bits per heavy atom. The summed E-state index contributed by atoms with van der Waals surface area (Å²) in [5.74, 6) is 0.313. The van der Waals surface area contributed by atoms with Crippen LogP contribution in [0.4, 0.5) is 5.69 Å². The summed E-state index contributed by atoms with van der Waals surface area (Å²) in [5.41, 5.74) is 3.88. The minimum absolute atomic E-state index is 0.189. The van der Waals surface area contributed by atoms with Crippen molar-refractivity contribution >= 4 is 5.69 Å². The molecule has 0 radical (unpaired) electrons. The molecule has 1 N–H and O–H groups in total. The monoisotopic (exact) mass is 324 g/mol. The molecular weight excluding hydrogens is 296 g/mol. The number of rotatable bonds is 5. The van der Waals surface area contributed by atoms with E-state index >= 15 is 0 Å². The molecule has 2 atom stereocenters. The highest BCUT2D eigenvalue weighted by Crippen LogP contribution is 2.24. The molecule has 0 spiro atoms. The van der Waals surface area contributed by atoms with Gasteiger partial charge in [-0.3, -0.25) is 4.90 Å². The summed E-state index contributed by atoms with van der Waals surface area (Å²) in [6.45, 7) is 2.92. The number of nitrogens with zero attached hydrogens (tertiary/aromatic N) is 2. The first-order valence-electron chi connectivity index (χ1n) is 8.82. The summed E-state index contributed by atoms with van der Waals surface area (Å²) >= 11 is 0. The van der Waals surface area contributed by atoms with E-state index in [2.05, 4.69) is 78.5 Å². The summed E-state index contributed by atoms with van der Waals surface area (Å²) in [5, 5.41) is 10.4. The maximum Gasteiger partial charge on any atom is 0.0596 e. The van der Waals surface area contributed by atoms with Gasteiger partial charge in [0.2, 0.25) is 0 Å². The van der Waals surface area contributed by atoms with E-state index in [1.54, 1.807) is 0 Å². The third-order valence-electron chi connectivity index (χ3n) is 4.98. The molecular formula is C21H28N2O. The van der Waals surface area contributed by atoms with E-state index in [1.807, 2.05) is 0 Å². The number of hydrogen-bond donors (Lipinski definition) is 1. The highest BCUT2D eigenvalue weighted by atomic mass is 16.3. The summed E-state index contributed by atoms with van der Waals surface area (Å²) in [6.07, 6.45) is 1.62. The SMILES string of the molecule is CN(C)c1ccc(CC2CN(Cc3ccccc3)CCC2O)cc1. The first kappa shape index (κ1) is 17.0. The van der Waals surface area contributed by atoms with Crippen LogP contribution in [0.25, 0.3) is 0 Å². The molecule has 1 aliphatic rings. The number of likely N-dealkylation sites (tertiary alicyclic amines) is 1. The van der Waals surface area contributed by atoms with Gasteiger partial charge in [-0.25, -0.2) is 0 Å². The Balaban J connectivity index is 1.61. The maximum absolute atomic E-state index is 10.4. The van der Waals surface area contributed by atoms with E-state index in [0.29, 0.717) is 5.92 Å². The van der Waals surface area contributed by atoms with E-state index in [1.165, 1.54) is 16.8 Å². The van der Waals surface area contributed by atoms with Crippen LogP contribution in [0.15, 0.2) is 54.6 Å². The predicted molar refractivity (Wildman–Crippen MR) is 100 cm³/mol. The maximum atomic E-state index is 10.4. The molecule has 24 heavy (non-hydrogen) atoms. The Morgan fingerprint density at radius 2 is 1.71 bits per heavy atom. The van der Waals surface area contributed by atoms with Gasteiger partial charge in [-0.2, -0.15) is 0 Å². The summed E-state index contributed by atoms with van der Waals surface area (Å²) in [7, 11) is 4.11. The zero-order chi connectivity index (χ0) is 16.9. The quantitative estimate of drug-likeness (QED) is 0.915. The molecule has 3 rings (SSSR count). The standard InChI is InChI=1S/C21H28N2O/c1-22(2)20-10-8-17(9-11-20)14-19-16-23(13-12-21(19)24)15-18-6-4-3-5-7-18/h3-11,19,21,24H,12-16H2,1-2H3. The van der Waals surface area contributed by atoms with Gasteiger partial charge >= 0.3 is 0 Å². The summed E-state index contributed by atoms with van der Waals surface area (Å²) in [6, 6.07) is 19.3. The Kier molecular flexibility index (Phi) is 5.54. The number of aliphatic hydroxyl groups excluding tert-OH is 1. The minimum atomic E-state index is -0.189. The molecule has 3 nitrogen and oxygen atoms in total. The van der Waals surface area contributed by atoms with Gasteiger partial charge in [0, 0.05) is 45.3 Å². The fourth-order valence-corrected chi connectivity index (χ4v) is 3.51. The van der Waals surface area contributed by atoms with Crippen LogP contribution >= 0.6 is 0 Å². The molecule has 1 saturated heterocycles. The normalized spacial score (nSPS) is 21.6. The van der Waals surface area contributed by atoms with Crippen molar-refractivity contribution in [2.75, 3.05) is 32.1 Å². The Hall–Kier alpha value is -1.84. The number of aliphatic hydroxyl groups is 1. The Morgan fingerprint density at radius 3 is 2.38 bits per heavy atom. The van der Waals surface area contributed by atoms with Crippen LogP contribution in [0.1, 0.15) is 17.5 Å². The summed E-state index contributed by atoms with van der Waals surface area (Å²) in [4.78, 5) is 4.59. The Labute approximate surface area is 145 Å². The molecule has 0 aliphatic carbocycles. The predicted octanol–water partition coefficient (Wildman–Crippen LogP) is 3.18. The molecule has 1 heterocycles. The van der Waals surface area contributed by atoms with Crippen molar-refractivity contribution in [3.63, 3.8) is 0 Å². The average Bonchev–Trinajstić information content (AvgIpc) is 2.59. The van der Waals surface area contributed by atoms with Crippen molar-refractivity contribution in [2.45, 2.75) is 25.5 Å². The average molecular weight is 324 g/mol. The highest BCUT2D eigenvalue weighted by Gasteiger charge is 2.27. The molecule has 2 aromatic carbocycles. The number of piperidine rings is 1. The molecule has 0 saturated carbocycles. The van der Waals surface area contributed by atoms with Crippen molar-refractivity contribution in [2.24, 2.45) is 5.92 Å². The molecule has 0 bridgehead atoms. The second kappa shape index (κ2) is 7.82. The van der Waals surface area contributed by atoms with Crippen molar-refractivity contribution in [1.29, 1.82) is 0 Å². The molecule has 128 valence electrons. The van der Waals surface area contributed by atoms with Crippen LogP contribution in [0.3, 0.4) is 0 Å². The van der Waals surface area contributed by atoms with Gasteiger partial charge in [-0.05, 0) is 36.1 Å². The largest absolute Gasteiger partial charge is 0.393 e. The molecule has 2 aromatic rings. The van der Waals surface area contributed by atoms with Crippen molar-refractivity contribution in [3.05, 3.63) is 65.7 Å². The van der Waals surface area contributed by atoms with E-state index in [-0.39, 0.29) is 6.10 Å². The molecule has 3 heteroatoms. The molecule has 1 aliphatic heterocycles. The molecule has 1 fully saturated rings. The van der Waals surface area contributed by atoms with Crippen molar-refractivity contribution in [3.8, 4) is 0 Å². The molecule has 0 aromatic heterocycles. The van der Waals surface area contributed by atoms with Gasteiger partial charge in [-0.15, -0.1) is 0 Å². The van der Waals surface area contributed by atoms with E-state index in [4.69, 9.17) is 0 Å². The van der Waals surface area contributed by atoms with Gasteiger partial charge in [0.05, 0.1) is 6.10 Å². The zero-order valence-electron chi connectivity index (χ0n) is 14.7. The lowest BCUT2D eigenvalue weighted by Crippen LogP contribution is -2.43. The molecule has 0 amide bonds. The fraction of sp³-hybridized carbons (Fsp3) is 0.429. The third-order valence-corrected chi connectivity index (χ3v) is 4.98. The van der Waals surface area contributed by atoms with Crippen molar-refractivity contribution in [1.82, 2.24) is 4.90 Å². The number of anilines is 1. The van der Waals surface area contributed by atoms with Crippen LogP contribution in [0.2, 0.25) is 0 Å². The van der Waals surface area contributed by atoms with E-state index in [0.717, 1.165) is 32.5 Å². The van der Waals surface area contributed by atoms with Crippen LogP contribution < -0.4 is 4.90 Å². The second-order valence-electron chi connectivity index (χ2n) is 7.10. The van der Waals surface area contributed by atoms with Gasteiger partial charge in [0.15, 0.2) is 0 Å². The van der Waals surface area contributed by atoms with Gasteiger partial charge in [-0.1, -0.05) is 42.5 Å². The summed E-state index contributed by atoms with van der Waals surface area (Å²) < 4.78 is 0. The lowest BCUT2D eigenvalue weighted by molar-refractivity contribution is 0.0239. The van der Waals surface area contributed by atoms with Crippen molar-refractivity contribution < 1.29 is 5.11 Å². The van der Waals surface area contributed by atoms with Gasteiger partial charge in [0.25, 0.3) is 0 Å². The van der Waals surface area contributed by atoms with Gasteiger partial charge < -0.3 is 10.0 Å². The Bertz CT molecular complexity index is 624. The molecule has 2 unspecified atom stereocenters. The van der Waals surface area contributed by atoms with Gasteiger partial charge in [0.1, 0.15) is 0 Å².